The third-order valence-electron chi connectivity index (χ3n) is 2.23. The van der Waals surface area contributed by atoms with Gasteiger partial charge in [0.2, 0.25) is 0 Å². The van der Waals surface area contributed by atoms with Crippen LogP contribution in [0.2, 0.25) is 0 Å². The van der Waals surface area contributed by atoms with E-state index in [1.807, 2.05) is 6.08 Å². The van der Waals surface area contributed by atoms with E-state index in [0.717, 1.165) is 32.5 Å². The number of hydrogen-bond acceptors (Lipinski definition) is 2. The molecule has 1 rings (SSSR count). The Labute approximate surface area is 86.6 Å². The Morgan fingerprint density at radius 2 is 2.36 bits per heavy atom. The van der Waals surface area contributed by atoms with E-state index in [9.17, 15) is 0 Å². The van der Waals surface area contributed by atoms with Crippen LogP contribution < -0.4 is 0 Å². The van der Waals surface area contributed by atoms with Crippen molar-refractivity contribution < 1.29 is 9.47 Å². The normalized spacial score (nSPS) is 22.7. The van der Waals surface area contributed by atoms with Gasteiger partial charge in [-0.25, -0.2) is 0 Å². The molecule has 2 nitrogen and oxygen atoms in total. The quantitative estimate of drug-likeness (QED) is 0.480. The smallest absolute Gasteiger partial charge is 0.157 e. The van der Waals surface area contributed by atoms with Gasteiger partial charge in [-0.15, -0.1) is 0 Å². The summed E-state index contributed by atoms with van der Waals surface area (Å²) in [5.41, 5.74) is 0. The predicted molar refractivity (Wildman–Crippen MR) is 58.1 cm³/mol. The largest absolute Gasteiger partial charge is 0.353 e. The Kier molecular flexibility index (Phi) is 6.37. The van der Waals surface area contributed by atoms with Gasteiger partial charge >= 0.3 is 0 Å². The molecule has 0 amide bonds. The average Bonchev–Trinajstić information content (AvgIpc) is 2.25. The van der Waals surface area contributed by atoms with E-state index in [1.165, 1.54) is 12.8 Å². The summed E-state index contributed by atoms with van der Waals surface area (Å²) in [4.78, 5) is 0. The van der Waals surface area contributed by atoms with Gasteiger partial charge in [-0.3, -0.25) is 0 Å². The van der Waals surface area contributed by atoms with Crippen molar-refractivity contribution >= 4 is 0 Å². The minimum Gasteiger partial charge on any atom is -0.353 e. The zero-order valence-electron chi connectivity index (χ0n) is 8.78. The first-order chi connectivity index (χ1) is 6.93. The van der Waals surface area contributed by atoms with E-state index in [-0.39, 0.29) is 6.29 Å². The molecule has 1 fully saturated rings. The minimum absolute atomic E-state index is 0.0622. The molecule has 1 unspecified atom stereocenters. The van der Waals surface area contributed by atoms with Crippen LogP contribution in [-0.4, -0.2) is 19.5 Å². The number of ether oxygens (including phenoxy) is 2. The van der Waals surface area contributed by atoms with Crippen LogP contribution in [0.25, 0.3) is 0 Å². The molecule has 2 heteroatoms. The summed E-state index contributed by atoms with van der Waals surface area (Å²) in [7, 11) is 0. The van der Waals surface area contributed by atoms with Crippen LogP contribution >= 0.6 is 0 Å². The topological polar surface area (TPSA) is 18.5 Å². The third kappa shape index (κ3) is 5.20. The Morgan fingerprint density at radius 1 is 1.43 bits per heavy atom. The predicted octanol–water partition coefficient (Wildman–Crippen LogP) is 3.05. The van der Waals surface area contributed by atoms with Crippen LogP contribution in [0.1, 0.15) is 32.1 Å². The van der Waals surface area contributed by atoms with Gasteiger partial charge in [0.25, 0.3) is 0 Å². The summed E-state index contributed by atoms with van der Waals surface area (Å²) in [6, 6.07) is 0. The van der Waals surface area contributed by atoms with Crippen LogP contribution in [0.15, 0.2) is 24.8 Å². The fourth-order valence-corrected chi connectivity index (χ4v) is 1.45. The molecule has 14 heavy (non-hydrogen) atoms. The average molecular weight is 196 g/mol. The van der Waals surface area contributed by atoms with Gasteiger partial charge in [0.15, 0.2) is 6.29 Å². The van der Waals surface area contributed by atoms with Gasteiger partial charge in [0, 0.05) is 6.61 Å². The first kappa shape index (κ1) is 11.5. The molecule has 1 saturated heterocycles. The maximum atomic E-state index is 5.58. The lowest BCUT2D eigenvalue weighted by Gasteiger charge is -2.22. The van der Waals surface area contributed by atoms with Crippen molar-refractivity contribution in [2.24, 2.45) is 0 Å². The van der Waals surface area contributed by atoms with E-state index < -0.39 is 0 Å². The summed E-state index contributed by atoms with van der Waals surface area (Å²) in [6.07, 6.45) is 11.5. The van der Waals surface area contributed by atoms with Crippen molar-refractivity contribution in [1.82, 2.24) is 0 Å². The van der Waals surface area contributed by atoms with Crippen molar-refractivity contribution in [3.05, 3.63) is 24.8 Å². The monoisotopic (exact) mass is 196 g/mol. The maximum Gasteiger partial charge on any atom is 0.157 e. The molecule has 0 bridgehead atoms. The van der Waals surface area contributed by atoms with Crippen LogP contribution in [-0.2, 0) is 9.47 Å². The third-order valence-corrected chi connectivity index (χ3v) is 2.23. The van der Waals surface area contributed by atoms with Gasteiger partial charge in [0.05, 0.1) is 6.61 Å². The highest BCUT2D eigenvalue weighted by Gasteiger charge is 2.12. The number of unbranched alkanes of at least 4 members (excludes halogenated alkanes) is 1. The van der Waals surface area contributed by atoms with Crippen LogP contribution in [0.4, 0.5) is 0 Å². The molecule has 0 aromatic rings. The summed E-state index contributed by atoms with van der Waals surface area (Å²) >= 11 is 0. The lowest BCUT2D eigenvalue weighted by Crippen LogP contribution is -2.22. The fourth-order valence-electron chi connectivity index (χ4n) is 1.45. The summed E-state index contributed by atoms with van der Waals surface area (Å²) < 4.78 is 11.0. The number of hydrogen-bond donors (Lipinski definition) is 0. The lowest BCUT2D eigenvalue weighted by molar-refractivity contribution is -0.162. The van der Waals surface area contributed by atoms with Crippen molar-refractivity contribution in [1.29, 1.82) is 0 Å². The highest BCUT2D eigenvalue weighted by molar-refractivity contribution is 4.96. The molecule has 1 aliphatic heterocycles. The van der Waals surface area contributed by atoms with E-state index in [2.05, 4.69) is 12.7 Å². The van der Waals surface area contributed by atoms with Gasteiger partial charge < -0.3 is 9.47 Å². The van der Waals surface area contributed by atoms with Crippen molar-refractivity contribution in [2.75, 3.05) is 13.2 Å². The maximum absolute atomic E-state index is 5.58. The summed E-state index contributed by atoms with van der Waals surface area (Å²) in [5, 5.41) is 0. The zero-order valence-corrected chi connectivity index (χ0v) is 8.78. The molecule has 0 N–H and O–H groups in total. The SMILES string of the molecule is C=C/C=C/CCCOC1CCCCO1. The summed E-state index contributed by atoms with van der Waals surface area (Å²) in [5.74, 6) is 0. The lowest BCUT2D eigenvalue weighted by atomic mass is 10.2. The second-order valence-electron chi connectivity index (χ2n) is 3.47. The molecule has 80 valence electrons. The zero-order chi connectivity index (χ0) is 10.1. The highest BCUT2D eigenvalue weighted by atomic mass is 16.7. The molecule has 0 aromatic carbocycles. The Bertz CT molecular complexity index is 169. The Morgan fingerprint density at radius 3 is 3.07 bits per heavy atom. The molecular formula is C12H20O2. The Hall–Kier alpha value is -0.600. The molecule has 1 heterocycles. The molecule has 1 aliphatic rings. The van der Waals surface area contributed by atoms with Gasteiger partial charge in [-0.2, -0.15) is 0 Å². The molecule has 0 aromatic heterocycles. The first-order valence-electron chi connectivity index (χ1n) is 5.44. The van der Waals surface area contributed by atoms with Crippen molar-refractivity contribution in [3.8, 4) is 0 Å². The minimum atomic E-state index is 0.0622. The van der Waals surface area contributed by atoms with E-state index in [4.69, 9.17) is 9.47 Å². The van der Waals surface area contributed by atoms with Crippen LogP contribution in [0.3, 0.4) is 0 Å². The van der Waals surface area contributed by atoms with Crippen molar-refractivity contribution in [2.45, 2.75) is 38.4 Å². The van der Waals surface area contributed by atoms with Gasteiger partial charge in [-0.1, -0.05) is 24.8 Å². The second kappa shape index (κ2) is 7.77. The molecule has 1 atom stereocenters. The summed E-state index contributed by atoms with van der Waals surface area (Å²) in [6.45, 7) is 5.27. The molecule has 0 saturated carbocycles. The van der Waals surface area contributed by atoms with E-state index in [0.29, 0.717) is 0 Å². The molecular weight excluding hydrogens is 176 g/mol. The Balaban J connectivity index is 1.92. The molecule has 0 spiro atoms. The molecule has 0 aliphatic carbocycles. The highest BCUT2D eigenvalue weighted by Crippen LogP contribution is 2.13. The second-order valence-corrected chi connectivity index (χ2v) is 3.47. The van der Waals surface area contributed by atoms with E-state index >= 15 is 0 Å². The number of allylic oxidation sites excluding steroid dienone is 3. The molecule has 0 radical (unpaired) electrons. The van der Waals surface area contributed by atoms with Crippen molar-refractivity contribution in [3.63, 3.8) is 0 Å². The fraction of sp³-hybridized carbons (Fsp3) is 0.667. The van der Waals surface area contributed by atoms with E-state index in [1.54, 1.807) is 6.08 Å². The van der Waals surface area contributed by atoms with Crippen LogP contribution in [0.5, 0.6) is 0 Å². The van der Waals surface area contributed by atoms with Gasteiger partial charge in [0.1, 0.15) is 0 Å². The first-order valence-corrected chi connectivity index (χ1v) is 5.44. The number of rotatable bonds is 6. The standard InChI is InChI=1S/C12H20O2/c1-2-3-4-5-7-10-13-12-9-6-8-11-14-12/h2-4,12H,1,5-11H2/b4-3+. The van der Waals surface area contributed by atoms with Crippen LogP contribution in [0, 0.1) is 0 Å². The van der Waals surface area contributed by atoms with Gasteiger partial charge in [-0.05, 0) is 32.1 Å².